The highest BCUT2D eigenvalue weighted by atomic mass is 32.1. The fraction of sp³-hybridized carbons (Fsp3) is 0.214. The first kappa shape index (κ1) is 19.6. The zero-order chi connectivity index (χ0) is 22.5. The van der Waals surface area contributed by atoms with Crippen molar-refractivity contribution in [3.05, 3.63) is 66.7 Å². The van der Waals surface area contributed by atoms with Gasteiger partial charge in [-0.1, -0.05) is 36.4 Å². The van der Waals surface area contributed by atoms with Crippen LogP contribution in [0.3, 0.4) is 0 Å². The molecule has 1 aliphatic heterocycles. The Morgan fingerprint density at radius 1 is 0.667 bits per heavy atom. The van der Waals surface area contributed by atoms with Crippen LogP contribution in [-0.2, 0) is 9.31 Å². The summed E-state index contributed by atoms with van der Waals surface area (Å²) in [6.07, 6.45) is 0. The third-order valence-electron chi connectivity index (χ3n) is 7.48. The molecule has 4 aromatic carbocycles. The molecule has 3 nitrogen and oxygen atoms in total. The summed E-state index contributed by atoms with van der Waals surface area (Å²) in [4.78, 5) is 0. The molecule has 0 aliphatic carbocycles. The first-order valence-electron chi connectivity index (χ1n) is 11.4. The SMILES string of the molecule is CC1(C)OB(c2ccc3sc4ccc5oc6cc7ccccc7cc6c5c4c3c2)OC1(C)C. The second-order valence-electron chi connectivity index (χ2n) is 10.1. The van der Waals surface area contributed by atoms with Gasteiger partial charge in [0.05, 0.1) is 11.2 Å². The van der Waals surface area contributed by atoms with Gasteiger partial charge >= 0.3 is 7.12 Å². The maximum absolute atomic E-state index is 6.34. The van der Waals surface area contributed by atoms with Gasteiger partial charge in [0.2, 0.25) is 0 Å². The normalized spacial score (nSPS) is 17.9. The van der Waals surface area contributed by atoms with Crippen LogP contribution in [0.15, 0.2) is 71.1 Å². The van der Waals surface area contributed by atoms with Crippen molar-refractivity contribution in [3.8, 4) is 0 Å². The fourth-order valence-electron chi connectivity index (χ4n) is 4.96. The Kier molecular flexibility index (Phi) is 3.79. The number of benzene rings is 4. The fourth-order valence-corrected chi connectivity index (χ4v) is 6.06. The molecule has 33 heavy (non-hydrogen) atoms. The molecule has 3 heterocycles. The molecule has 0 amide bonds. The number of thiophene rings is 1. The molecule has 0 unspecified atom stereocenters. The van der Waals surface area contributed by atoms with Gasteiger partial charge in [-0.05, 0) is 74.3 Å². The second-order valence-corrected chi connectivity index (χ2v) is 11.1. The Labute approximate surface area is 196 Å². The van der Waals surface area contributed by atoms with Crippen molar-refractivity contribution in [1.82, 2.24) is 0 Å². The Balaban J connectivity index is 1.52. The molecule has 0 saturated carbocycles. The van der Waals surface area contributed by atoms with Gasteiger partial charge in [-0.2, -0.15) is 0 Å². The van der Waals surface area contributed by atoms with Gasteiger partial charge in [0.25, 0.3) is 0 Å². The first-order chi connectivity index (χ1) is 15.8. The Bertz CT molecular complexity index is 1720. The van der Waals surface area contributed by atoms with Crippen molar-refractivity contribution in [1.29, 1.82) is 0 Å². The van der Waals surface area contributed by atoms with Crippen molar-refractivity contribution in [2.45, 2.75) is 38.9 Å². The lowest BCUT2D eigenvalue weighted by Crippen LogP contribution is -2.41. The molecule has 0 bridgehead atoms. The Hall–Kier alpha value is -2.86. The maximum Gasteiger partial charge on any atom is 0.494 e. The lowest BCUT2D eigenvalue weighted by Gasteiger charge is -2.32. The van der Waals surface area contributed by atoms with Crippen molar-refractivity contribution in [2.75, 3.05) is 0 Å². The van der Waals surface area contributed by atoms with Crippen LogP contribution in [0.5, 0.6) is 0 Å². The predicted molar refractivity (Wildman–Crippen MR) is 140 cm³/mol. The highest BCUT2D eigenvalue weighted by Gasteiger charge is 2.51. The van der Waals surface area contributed by atoms with E-state index in [0.717, 1.165) is 22.0 Å². The number of hydrogen-bond acceptors (Lipinski definition) is 4. The van der Waals surface area contributed by atoms with E-state index in [2.05, 4.69) is 94.4 Å². The van der Waals surface area contributed by atoms with Gasteiger partial charge < -0.3 is 13.7 Å². The summed E-state index contributed by atoms with van der Waals surface area (Å²) in [5.74, 6) is 0. The van der Waals surface area contributed by atoms with E-state index in [-0.39, 0.29) is 18.3 Å². The largest absolute Gasteiger partial charge is 0.494 e. The number of hydrogen-bond donors (Lipinski definition) is 0. The minimum absolute atomic E-state index is 0.363. The summed E-state index contributed by atoms with van der Waals surface area (Å²) in [6, 6.07) is 23.7. The zero-order valence-electron chi connectivity index (χ0n) is 19.1. The van der Waals surface area contributed by atoms with Gasteiger partial charge in [0.1, 0.15) is 11.2 Å². The quantitative estimate of drug-likeness (QED) is 0.245. The summed E-state index contributed by atoms with van der Waals surface area (Å²) >= 11 is 1.82. The van der Waals surface area contributed by atoms with E-state index in [4.69, 9.17) is 13.7 Å². The molecule has 1 saturated heterocycles. The average molecular weight is 450 g/mol. The van der Waals surface area contributed by atoms with E-state index in [0.29, 0.717) is 0 Å². The zero-order valence-corrected chi connectivity index (χ0v) is 19.9. The van der Waals surface area contributed by atoms with E-state index in [1.807, 2.05) is 11.3 Å². The lowest BCUT2D eigenvalue weighted by molar-refractivity contribution is 0.00578. The van der Waals surface area contributed by atoms with Crippen molar-refractivity contribution in [3.63, 3.8) is 0 Å². The first-order valence-corrected chi connectivity index (χ1v) is 12.2. The molecular formula is C28H23BO3S. The van der Waals surface area contributed by atoms with Gasteiger partial charge in [-0.3, -0.25) is 0 Å². The molecule has 0 radical (unpaired) electrons. The van der Waals surface area contributed by atoms with E-state index in [1.165, 1.54) is 36.3 Å². The van der Waals surface area contributed by atoms with Crippen LogP contribution in [0.4, 0.5) is 0 Å². The van der Waals surface area contributed by atoms with Gasteiger partial charge in [-0.15, -0.1) is 11.3 Å². The molecule has 2 aromatic heterocycles. The Morgan fingerprint density at radius 2 is 1.36 bits per heavy atom. The van der Waals surface area contributed by atoms with Crippen LogP contribution in [0.2, 0.25) is 0 Å². The number of fused-ring (bicyclic) bond motifs is 8. The van der Waals surface area contributed by atoms with Crippen LogP contribution in [-0.4, -0.2) is 18.3 Å². The third kappa shape index (κ3) is 2.70. The molecule has 5 heteroatoms. The van der Waals surface area contributed by atoms with E-state index >= 15 is 0 Å². The minimum Gasteiger partial charge on any atom is -0.456 e. The van der Waals surface area contributed by atoms with Crippen LogP contribution in [0.25, 0.3) is 52.9 Å². The van der Waals surface area contributed by atoms with Crippen LogP contribution < -0.4 is 5.46 Å². The third-order valence-corrected chi connectivity index (χ3v) is 8.62. The number of rotatable bonds is 1. The van der Waals surface area contributed by atoms with Crippen molar-refractivity contribution in [2.24, 2.45) is 0 Å². The second kappa shape index (κ2) is 6.38. The molecule has 7 rings (SSSR count). The molecule has 1 aliphatic rings. The minimum atomic E-state index is -0.376. The molecular weight excluding hydrogens is 427 g/mol. The summed E-state index contributed by atoms with van der Waals surface area (Å²) in [5.41, 5.74) is 2.18. The van der Waals surface area contributed by atoms with Crippen molar-refractivity contribution < 1.29 is 13.7 Å². The van der Waals surface area contributed by atoms with Crippen LogP contribution >= 0.6 is 11.3 Å². The highest BCUT2D eigenvalue weighted by molar-refractivity contribution is 7.26. The molecule has 0 spiro atoms. The maximum atomic E-state index is 6.34. The van der Waals surface area contributed by atoms with E-state index in [9.17, 15) is 0 Å². The van der Waals surface area contributed by atoms with Gasteiger partial charge in [0.15, 0.2) is 0 Å². The summed E-state index contributed by atoms with van der Waals surface area (Å²) in [7, 11) is -0.376. The van der Waals surface area contributed by atoms with Gasteiger partial charge in [0, 0.05) is 30.9 Å². The van der Waals surface area contributed by atoms with E-state index < -0.39 is 0 Å². The van der Waals surface area contributed by atoms with Crippen molar-refractivity contribution >= 4 is 76.8 Å². The van der Waals surface area contributed by atoms with Crippen LogP contribution in [0.1, 0.15) is 27.7 Å². The smallest absolute Gasteiger partial charge is 0.456 e. The summed E-state index contributed by atoms with van der Waals surface area (Å²) < 4.78 is 21.5. The Morgan fingerprint density at radius 3 is 2.12 bits per heavy atom. The number of furan rings is 1. The predicted octanol–water partition coefficient (Wildman–Crippen LogP) is 7.41. The summed E-state index contributed by atoms with van der Waals surface area (Å²) in [6.45, 7) is 8.38. The topological polar surface area (TPSA) is 31.6 Å². The highest BCUT2D eigenvalue weighted by Crippen LogP contribution is 2.43. The summed E-state index contributed by atoms with van der Waals surface area (Å²) in [5, 5.41) is 7.24. The average Bonchev–Trinajstić information content (AvgIpc) is 3.39. The lowest BCUT2D eigenvalue weighted by atomic mass is 9.78. The molecule has 0 N–H and O–H groups in total. The van der Waals surface area contributed by atoms with E-state index in [1.54, 1.807) is 0 Å². The van der Waals surface area contributed by atoms with Crippen LogP contribution in [0, 0.1) is 0 Å². The molecule has 162 valence electrons. The standard InChI is InChI=1S/C28H23BO3S/c1-27(2)28(3,4)32-29(31-27)18-9-11-23-20(15-18)26-24(33-23)12-10-21-25(26)19-13-16-7-5-6-8-17(16)14-22(19)30-21/h5-15H,1-4H3. The molecule has 6 aromatic rings. The molecule has 1 fully saturated rings. The molecule has 0 atom stereocenters. The monoisotopic (exact) mass is 450 g/mol. The van der Waals surface area contributed by atoms with Gasteiger partial charge in [-0.25, -0.2) is 0 Å².